The number of nitrogens with zero attached hydrogens (tertiary/aromatic N) is 3. The zero-order chi connectivity index (χ0) is 22.2. The van der Waals surface area contributed by atoms with Crippen molar-refractivity contribution in [1.82, 2.24) is 15.3 Å². The Balaban J connectivity index is 1.90. The zero-order valence-corrected chi connectivity index (χ0v) is 18.3. The predicted octanol–water partition coefficient (Wildman–Crippen LogP) is 3.61. The molecule has 0 spiro atoms. The van der Waals surface area contributed by atoms with Crippen LogP contribution in [0.3, 0.4) is 0 Å². The molecule has 1 aliphatic heterocycles. The first-order valence-electron chi connectivity index (χ1n) is 10.9. The van der Waals surface area contributed by atoms with E-state index >= 15 is 0 Å². The molecule has 2 aromatic rings. The Morgan fingerprint density at radius 3 is 2.68 bits per heavy atom. The first-order valence-corrected chi connectivity index (χ1v) is 10.9. The lowest BCUT2D eigenvalue weighted by Crippen LogP contribution is -2.50. The molecule has 1 aliphatic carbocycles. The molecule has 7 nitrogen and oxygen atoms in total. The van der Waals surface area contributed by atoms with Crippen molar-refractivity contribution in [3.05, 3.63) is 35.1 Å². The molecule has 0 unspecified atom stereocenters. The van der Waals surface area contributed by atoms with Crippen molar-refractivity contribution in [3.8, 4) is 11.3 Å². The number of aromatic nitrogens is 2. The lowest BCUT2D eigenvalue weighted by atomic mass is 9.93. The number of nitrogens with one attached hydrogen (secondary N) is 2. The minimum absolute atomic E-state index is 0.106. The first-order chi connectivity index (χ1) is 14.8. The van der Waals surface area contributed by atoms with Crippen LogP contribution in [-0.4, -0.2) is 45.8 Å². The summed E-state index contributed by atoms with van der Waals surface area (Å²) in [6, 6.07) is 4.76. The molecule has 0 saturated heterocycles. The Morgan fingerprint density at radius 2 is 2.00 bits per heavy atom. The number of carbonyl (C=O) groups is 1. The summed E-state index contributed by atoms with van der Waals surface area (Å²) in [6.45, 7) is 5.80. The number of benzene rings is 1. The molecule has 1 aromatic heterocycles. The molecule has 166 valence electrons. The minimum atomic E-state index is -0.643. The molecule has 0 radical (unpaired) electrons. The molecule has 4 rings (SSSR count). The zero-order valence-electron chi connectivity index (χ0n) is 18.3. The van der Waals surface area contributed by atoms with Crippen LogP contribution in [0.4, 0.5) is 16.2 Å². The van der Waals surface area contributed by atoms with Gasteiger partial charge in [-0.3, -0.25) is 4.79 Å². The average Bonchev–Trinajstić information content (AvgIpc) is 2.74. The minimum Gasteiger partial charge on any atom is -0.394 e. The van der Waals surface area contributed by atoms with E-state index in [9.17, 15) is 14.3 Å². The van der Waals surface area contributed by atoms with Gasteiger partial charge in [-0.05, 0) is 57.4 Å². The highest BCUT2D eigenvalue weighted by atomic mass is 19.1. The molecule has 1 saturated carbocycles. The van der Waals surface area contributed by atoms with Crippen molar-refractivity contribution < 1.29 is 14.3 Å². The summed E-state index contributed by atoms with van der Waals surface area (Å²) < 4.78 is 13.8. The molecular weight excluding hydrogens is 397 g/mol. The number of halogens is 1. The van der Waals surface area contributed by atoms with Crippen molar-refractivity contribution in [1.29, 1.82) is 0 Å². The van der Waals surface area contributed by atoms with Crippen LogP contribution in [0.5, 0.6) is 0 Å². The van der Waals surface area contributed by atoms with Crippen molar-refractivity contribution in [2.75, 3.05) is 23.5 Å². The lowest BCUT2D eigenvalue weighted by Gasteiger charge is -2.39. The van der Waals surface area contributed by atoms with E-state index in [-0.39, 0.29) is 18.3 Å². The van der Waals surface area contributed by atoms with Gasteiger partial charge in [0.05, 0.1) is 24.5 Å². The molecule has 2 aliphatic rings. The van der Waals surface area contributed by atoms with E-state index < -0.39 is 5.54 Å². The number of hydrogen-bond acceptors (Lipinski definition) is 6. The van der Waals surface area contributed by atoms with Gasteiger partial charge >= 0.3 is 0 Å². The van der Waals surface area contributed by atoms with Gasteiger partial charge in [0.1, 0.15) is 17.2 Å². The third-order valence-corrected chi connectivity index (χ3v) is 6.10. The SMILES string of the molecule is Cc1cc(F)ccc1-c1nc(NC(C)(C)CO)nc2c1C(=O)NCN2C1CCCCC1. The van der Waals surface area contributed by atoms with Crippen LogP contribution in [0.2, 0.25) is 0 Å². The van der Waals surface area contributed by atoms with Gasteiger partial charge < -0.3 is 20.6 Å². The molecular formula is C23H30FN5O2. The van der Waals surface area contributed by atoms with Gasteiger partial charge in [0.25, 0.3) is 5.91 Å². The molecule has 0 atom stereocenters. The lowest BCUT2D eigenvalue weighted by molar-refractivity contribution is 0.0944. The van der Waals surface area contributed by atoms with Gasteiger partial charge in [-0.25, -0.2) is 9.37 Å². The van der Waals surface area contributed by atoms with E-state index in [0.29, 0.717) is 46.9 Å². The second kappa shape index (κ2) is 8.42. The summed E-state index contributed by atoms with van der Waals surface area (Å²) in [4.78, 5) is 24.6. The fraction of sp³-hybridized carbons (Fsp3) is 0.522. The number of hydrogen-bond donors (Lipinski definition) is 3. The smallest absolute Gasteiger partial charge is 0.258 e. The fourth-order valence-corrected chi connectivity index (χ4v) is 4.37. The maximum Gasteiger partial charge on any atom is 0.258 e. The third kappa shape index (κ3) is 4.35. The second-order valence-corrected chi connectivity index (χ2v) is 9.15. The van der Waals surface area contributed by atoms with Gasteiger partial charge in [-0.15, -0.1) is 0 Å². The van der Waals surface area contributed by atoms with Gasteiger partial charge in [0, 0.05) is 11.6 Å². The Kier molecular flexibility index (Phi) is 5.83. The predicted molar refractivity (Wildman–Crippen MR) is 119 cm³/mol. The van der Waals surface area contributed by atoms with E-state index in [1.807, 2.05) is 13.8 Å². The number of fused-ring (bicyclic) bond motifs is 1. The van der Waals surface area contributed by atoms with Crippen molar-refractivity contribution in [3.63, 3.8) is 0 Å². The van der Waals surface area contributed by atoms with E-state index in [2.05, 4.69) is 20.5 Å². The average molecular weight is 428 g/mol. The number of amides is 1. The van der Waals surface area contributed by atoms with Crippen LogP contribution in [0.25, 0.3) is 11.3 Å². The molecule has 8 heteroatoms. The third-order valence-electron chi connectivity index (χ3n) is 6.10. The molecule has 31 heavy (non-hydrogen) atoms. The Labute approximate surface area is 182 Å². The largest absolute Gasteiger partial charge is 0.394 e. The number of carbonyl (C=O) groups excluding carboxylic acids is 1. The van der Waals surface area contributed by atoms with Gasteiger partial charge in [-0.1, -0.05) is 19.3 Å². The number of aliphatic hydroxyl groups is 1. The van der Waals surface area contributed by atoms with Crippen LogP contribution in [-0.2, 0) is 0 Å². The molecule has 2 heterocycles. The van der Waals surface area contributed by atoms with Crippen LogP contribution >= 0.6 is 0 Å². The fourth-order valence-electron chi connectivity index (χ4n) is 4.37. The van der Waals surface area contributed by atoms with E-state index in [1.54, 1.807) is 13.0 Å². The number of anilines is 2. The summed E-state index contributed by atoms with van der Waals surface area (Å²) >= 11 is 0. The monoisotopic (exact) mass is 427 g/mol. The Hall–Kier alpha value is -2.74. The number of rotatable bonds is 5. The molecule has 3 N–H and O–H groups in total. The van der Waals surface area contributed by atoms with Crippen LogP contribution < -0.4 is 15.5 Å². The summed E-state index contributed by atoms with van der Waals surface area (Å²) in [5.41, 5.74) is 1.62. The topological polar surface area (TPSA) is 90.4 Å². The van der Waals surface area contributed by atoms with Crippen LogP contribution in [0.15, 0.2) is 18.2 Å². The van der Waals surface area contributed by atoms with E-state index in [1.165, 1.54) is 18.6 Å². The Morgan fingerprint density at radius 1 is 1.26 bits per heavy atom. The number of aryl methyl sites for hydroxylation is 1. The van der Waals surface area contributed by atoms with E-state index in [0.717, 1.165) is 25.7 Å². The molecule has 1 fully saturated rings. The summed E-state index contributed by atoms with van der Waals surface area (Å²) in [7, 11) is 0. The van der Waals surface area contributed by atoms with Crippen molar-refractivity contribution >= 4 is 17.7 Å². The van der Waals surface area contributed by atoms with E-state index in [4.69, 9.17) is 4.98 Å². The number of aliphatic hydroxyl groups excluding tert-OH is 1. The van der Waals surface area contributed by atoms with Gasteiger partial charge in [-0.2, -0.15) is 4.98 Å². The van der Waals surface area contributed by atoms with Crippen molar-refractivity contribution in [2.24, 2.45) is 0 Å². The highest BCUT2D eigenvalue weighted by Gasteiger charge is 2.34. The molecule has 1 aromatic carbocycles. The van der Waals surface area contributed by atoms with Gasteiger partial charge in [0.15, 0.2) is 0 Å². The highest BCUT2D eigenvalue weighted by molar-refractivity contribution is 6.06. The first kappa shape index (κ1) is 21.5. The highest BCUT2D eigenvalue weighted by Crippen LogP contribution is 2.37. The maximum absolute atomic E-state index is 13.8. The summed E-state index contributed by atoms with van der Waals surface area (Å²) in [6.07, 6.45) is 5.64. The van der Waals surface area contributed by atoms with Gasteiger partial charge in [0.2, 0.25) is 5.95 Å². The molecule has 1 amide bonds. The summed E-state index contributed by atoms with van der Waals surface area (Å²) in [5, 5.41) is 15.9. The second-order valence-electron chi connectivity index (χ2n) is 9.15. The molecule has 0 bridgehead atoms. The normalized spacial score (nSPS) is 17.3. The standard InChI is InChI=1S/C23H30FN5O2/c1-14-11-15(24)9-10-17(14)19-18-20(27-22(26-19)28-23(2,3)12-30)29(13-25-21(18)31)16-7-5-4-6-8-16/h9-11,16,30H,4-8,12-13H2,1-3H3,(H,25,31)(H,26,27,28). The summed E-state index contributed by atoms with van der Waals surface area (Å²) in [5.74, 6) is 0.374. The van der Waals surface area contributed by atoms with Crippen LogP contribution in [0.1, 0.15) is 61.9 Å². The maximum atomic E-state index is 13.8. The van der Waals surface area contributed by atoms with Crippen LogP contribution in [0, 0.1) is 12.7 Å². The van der Waals surface area contributed by atoms with Crippen molar-refractivity contribution in [2.45, 2.75) is 64.5 Å². The quantitative estimate of drug-likeness (QED) is 0.675. The Bertz CT molecular complexity index is 988.